The number of amides is 1. The Balaban J connectivity index is 1.72. The van der Waals surface area contributed by atoms with Gasteiger partial charge in [-0.3, -0.25) is 4.79 Å². The molecule has 0 spiro atoms. The van der Waals surface area contributed by atoms with Gasteiger partial charge in [-0.25, -0.2) is 4.79 Å². The molecule has 0 aliphatic heterocycles. The molecule has 0 radical (unpaired) electrons. The van der Waals surface area contributed by atoms with E-state index >= 15 is 0 Å². The molecule has 0 atom stereocenters. The van der Waals surface area contributed by atoms with Crippen LogP contribution in [0.4, 0.5) is 0 Å². The Morgan fingerprint density at radius 1 is 1.24 bits per heavy atom. The van der Waals surface area contributed by atoms with Crippen LogP contribution in [0, 0.1) is 0 Å². The lowest BCUT2D eigenvalue weighted by Crippen LogP contribution is -2.36. The fourth-order valence-electron chi connectivity index (χ4n) is 2.53. The first-order valence-electron chi connectivity index (χ1n) is 7.40. The molecule has 0 heterocycles. The van der Waals surface area contributed by atoms with Gasteiger partial charge in [-0.1, -0.05) is 25.3 Å². The van der Waals surface area contributed by atoms with Crippen molar-refractivity contribution >= 4 is 23.6 Å². The zero-order chi connectivity index (χ0) is 15.1. The van der Waals surface area contributed by atoms with Crippen LogP contribution < -0.4 is 5.32 Å². The topological polar surface area (TPSA) is 66.4 Å². The number of hydrogen-bond donors (Lipinski definition) is 2. The highest BCUT2D eigenvalue weighted by Crippen LogP contribution is 2.21. The smallest absolute Gasteiger partial charge is 0.335 e. The maximum Gasteiger partial charge on any atom is 0.335 e. The van der Waals surface area contributed by atoms with E-state index in [2.05, 4.69) is 5.32 Å². The van der Waals surface area contributed by atoms with Crippen molar-refractivity contribution in [2.24, 2.45) is 0 Å². The second-order valence-corrected chi connectivity index (χ2v) is 6.50. The van der Waals surface area contributed by atoms with Crippen LogP contribution in [0.15, 0.2) is 29.2 Å². The van der Waals surface area contributed by atoms with Gasteiger partial charge in [0.05, 0.1) is 5.56 Å². The van der Waals surface area contributed by atoms with Gasteiger partial charge in [0.25, 0.3) is 0 Å². The minimum Gasteiger partial charge on any atom is -0.478 e. The third-order valence-corrected chi connectivity index (χ3v) is 4.64. The minimum atomic E-state index is -0.924. The molecule has 0 aromatic heterocycles. The van der Waals surface area contributed by atoms with Gasteiger partial charge in [0, 0.05) is 23.1 Å². The fraction of sp³-hybridized carbons (Fsp3) is 0.500. The zero-order valence-corrected chi connectivity index (χ0v) is 12.8. The predicted octanol–water partition coefficient (Wildman–Crippen LogP) is 3.32. The lowest BCUT2D eigenvalue weighted by Gasteiger charge is -2.22. The summed E-state index contributed by atoms with van der Waals surface area (Å²) >= 11 is 1.52. The van der Waals surface area contributed by atoms with Crippen molar-refractivity contribution in [1.29, 1.82) is 0 Å². The van der Waals surface area contributed by atoms with Crippen LogP contribution in [-0.2, 0) is 4.79 Å². The van der Waals surface area contributed by atoms with Gasteiger partial charge in [0.2, 0.25) is 5.91 Å². The number of aromatic carboxylic acids is 1. The van der Waals surface area contributed by atoms with Gasteiger partial charge in [-0.15, -0.1) is 11.8 Å². The van der Waals surface area contributed by atoms with E-state index < -0.39 is 5.97 Å². The average Bonchev–Trinajstić information content (AvgIpc) is 2.48. The first kappa shape index (κ1) is 15.9. The van der Waals surface area contributed by atoms with Gasteiger partial charge in [-0.2, -0.15) is 0 Å². The standard InChI is InChI=1S/C16H21NO3S/c18-15(17-13-6-2-1-3-7-13)9-10-21-14-8-4-5-12(11-14)16(19)20/h4-5,8,11,13H,1-3,6-7,9-10H2,(H,17,18)(H,19,20). The number of carbonyl (C=O) groups excluding carboxylic acids is 1. The van der Waals surface area contributed by atoms with E-state index in [0.717, 1.165) is 17.7 Å². The Bertz CT molecular complexity index is 498. The van der Waals surface area contributed by atoms with Crippen LogP contribution in [0.2, 0.25) is 0 Å². The Hall–Kier alpha value is -1.49. The van der Waals surface area contributed by atoms with Gasteiger partial charge < -0.3 is 10.4 Å². The molecule has 1 fully saturated rings. The molecule has 4 nitrogen and oxygen atoms in total. The number of carbonyl (C=O) groups is 2. The maximum absolute atomic E-state index is 11.9. The number of carboxylic acids is 1. The summed E-state index contributed by atoms with van der Waals surface area (Å²) in [5, 5.41) is 12.0. The summed E-state index contributed by atoms with van der Waals surface area (Å²) in [6.07, 6.45) is 6.36. The van der Waals surface area contributed by atoms with Crippen LogP contribution in [0.3, 0.4) is 0 Å². The van der Waals surface area contributed by atoms with Crippen molar-refractivity contribution < 1.29 is 14.7 Å². The number of carboxylic acid groups (broad SMARTS) is 1. The summed E-state index contributed by atoms with van der Waals surface area (Å²) in [5.74, 6) is -0.155. The van der Waals surface area contributed by atoms with Crippen molar-refractivity contribution in [2.45, 2.75) is 49.5 Å². The van der Waals surface area contributed by atoms with E-state index in [0.29, 0.717) is 18.2 Å². The Kier molecular flexibility index (Phi) is 6.11. The summed E-state index contributed by atoms with van der Waals surface area (Å²) in [5.41, 5.74) is 0.284. The zero-order valence-electron chi connectivity index (χ0n) is 12.0. The van der Waals surface area contributed by atoms with Crippen molar-refractivity contribution in [2.75, 3.05) is 5.75 Å². The largest absolute Gasteiger partial charge is 0.478 e. The lowest BCUT2D eigenvalue weighted by atomic mass is 9.95. The van der Waals surface area contributed by atoms with Crippen molar-refractivity contribution in [3.05, 3.63) is 29.8 Å². The van der Waals surface area contributed by atoms with E-state index in [-0.39, 0.29) is 11.5 Å². The van der Waals surface area contributed by atoms with E-state index in [9.17, 15) is 9.59 Å². The Labute approximate surface area is 129 Å². The SMILES string of the molecule is O=C(CCSc1cccc(C(=O)O)c1)NC1CCCCC1. The Morgan fingerprint density at radius 3 is 2.71 bits per heavy atom. The summed E-state index contributed by atoms with van der Waals surface area (Å²) in [6, 6.07) is 7.17. The fourth-order valence-corrected chi connectivity index (χ4v) is 3.44. The van der Waals surface area contributed by atoms with Crippen molar-refractivity contribution in [1.82, 2.24) is 5.32 Å². The van der Waals surface area contributed by atoms with Crippen molar-refractivity contribution in [3.63, 3.8) is 0 Å². The molecule has 0 saturated heterocycles. The lowest BCUT2D eigenvalue weighted by molar-refractivity contribution is -0.121. The highest BCUT2D eigenvalue weighted by Gasteiger charge is 2.15. The average molecular weight is 307 g/mol. The van der Waals surface area contributed by atoms with Crippen LogP contribution in [0.5, 0.6) is 0 Å². The van der Waals surface area contributed by atoms with Crippen LogP contribution in [0.1, 0.15) is 48.9 Å². The molecule has 21 heavy (non-hydrogen) atoms. The van der Waals surface area contributed by atoms with Crippen LogP contribution >= 0.6 is 11.8 Å². The third kappa shape index (κ3) is 5.42. The summed E-state index contributed by atoms with van der Waals surface area (Å²) in [7, 11) is 0. The monoisotopic (exact) mass is 307 g/mol. The number of benzene rings is 1. The van der Waals surface area contributed by atoms with E-state index in [1.807, 2.05) is 6.07 Å². The molecule has 1 aromatic carbocycles. The summed E-state index contributed by atoms with van der Waals surface area (Å²) < 4.78 is 0. The van der Waals surface area contributed by atoms with Gasteiger partial charge in [0.1, 0.15) is 0 Å². The van der Waals surface area contributed by atoms with E-state index in [1.165, 1.54) is 31.0 Å². The summed E-state index contributed by atoms with van der Waals surface area (Å²) in [4.78, 5) is 23.6. The van der Waals surface area contributed by atoms with Gasteiger partial charge >= 0.3 is 5.97 Å². The molecule has 2 N–H and O–H groups in total. The highest BCUT2D eigenvalue weighted by molar-refractivity contribution is 7.99. The minimum absolute atomic E-state index is 0.101. The number of nitrogens with one attached hydrogen (secondary N) is 1. The second kappa shape index (κ2) is 8.08. The molecule has 5 heteroatoms. The second-order valence-electron chi connectivity index (χ2n) is 5.33. The van der Waals surface area contributed by atoms with Crippen molar-refractivity contribution in [3.8, 4) is 0 Å². The van der Waals surface area contributed by atoms with E-state index in [4.69, 9.17) is 5.11 Å². The molecule has 1 aliphatic rings. The van der Waals surface area contributed by atoms with Crippen LogP contribution in [0.25, 0.3) is 0 Å². The van der Waals surface area contributed by atoms with Gasteiger partial charge in [-0.05, 0) is 31.0 Å². The number of thioether (sulfide) groups is 1. The van der Waals surface area contributed by atoms with Gasteiger partial charge in [0.15, 0.2) is 0 Å². The summed E-state index contributed by atoms with van der Waals surface area (Å²) in [6.45, 7) is 0. The molecule has 0 unspecified atom stereocenters. The maximum atomic E-state index is 11.9. The molecule has 2 rings (SSSR count). The normalized spacial score (nSPS) is 15.6. The molecule has 1 saturated carbocycles. The highest BCUT2D eigenvalue weighted by atomic mass is 32.2. The molecular weight excluding hydrogens is 286 g/mol. The quantitative estimate of drug-likeness (QED) is 0.791. The third-order valence-electron chi connectivity index (χ3n) is 3.65. The number of hydrogen-bond acceptors (Lipinski definition) is 3. The molecule has 1 aliphatic carbocycles. The van der Waals surface area contributed by atoms with E-state index in [1.54, 1.807) is 18.2 Å². The molecule has 1 amide bonds. The molecule has 0 bridgehead atoms. The predicted molar refractivity (Wildman–Crippen MR) is 83.8 cm³/mol. The molecular formula is C16H21NO3S. The van der Waals surface area contributed by atoms with Crippen LogP contribution in [-0.4, -0.2) is 28.8 Å². The first-order chi connectivity index (χ1) is 10.1. The Morgan fingerprint density at radius 2 is 2.00 bits per heavy atom. The first-order valence-corrected chi connectivity index (χ1v) is 8.39. The molecule has 1 aromatic rings. The molecule has 114 valence electrons. The number of rotatable bonds is 6.